The van der Waals surface area contributed by atoms with Gasteiger partial charge in [-0.3, -0.25) is 19.2 Å². The van der Waals surface area contributed by atoms with Gasteiger partial charge in [0.2, 0.25) is 23.6 Å². The lowest BCUT2D eigenvalue weighted by atomic mass is 10.0. The number of nitrogens with one attached hydrogen (secondary N) is 3. The lowest BCUT2D eigenvalue weighted by molar-refractivity contribution is -0.141. The molecule has 0 aromatic carbocycles. The van der Waals surface area contributed by atoms with Crippen molar-refractivity contribution in [2.24, 2.45) is 17.4 Å². The van der Waals surface area contributed by atoms with E-state index in [2.05, 4.69) is 41.2 Å². The molecule has 8 N–H and O–H groups in total. The number of carboxylic acids is 1. The number of carbonyl (C=O) groups is 5. The van der Waals surface area contributed by atoms with E-state index in [1.54, 1.807) is 13.8 Å². The van der Waals surface area contributed by atoms with Crippen molar-refractivity contribution in [3.63, 3.8) is 0 Å². The van der Waals surface area contributed by atoms with Gasteiger partial charge in [0.25, 0.3) is 0 Å². The first-order chi connectivity index (χ1) is 12.9. The maximum absolute atomic E-state index is 12.4. The maximum Gasteiger partial charge on any atom is 0.327 e. The second kappa shape index (κ2) is 12.5. The molecule has 0 aliphatic carbocycles. The van der Waals surface area contributed by atoms with Gasteiger partial charge in [-0.25, -0.2) is 4.79 Å². The van der Waals surface area contributed by atoms with Crippen molar-refractivity contribution in [2.75, 3.05) is 11.5 Å². The van der Waals surface area contributed by atoms with Crippen molar-refractivity contribution < 1.29 is 29.1 Å². The van der Waals surface area contributed by atoms with E-state index >= 15 is 0 Å². The zero-order chi connectivity index (χ0) is 22.0. The predicted molar refractivity (Wildman–Crippen MR) is 108 cm³/mol. The van der Waals surface area contributed by atoms with Crippen molar-refractivity contribution in [2.45, 2.75) is 44.4 Å². The second-order valence-electron chi connectivity index (χ2n) is 6.33. The molecule has 4 unspecified atom stereocenters. The Balaban J connectivity index is 5.19. The van der Waals surface area contributed by atoms with Gasteiger partial charge in [-0.15, -0.1) is 0 Å². The van der Waals surface area contributed by atoms with Crippen LogP contribution in [0.4, 0.5) is 0 Å². The van der Waals surface area contributed by atoms with Crippen molar-refractivity contribution in [1.82, 2.24) is 16.0 Å². The zero-order valence-corrected chi connectivity index (χ0v) is 17.3. The van der Waals surface area contributed by atoms with Gasteiger partial charge in [0.1, 0.15) is 18.1 Å². The minimum absolute atomic E-state index is 0.165. The quantitative estimate of drug-likeness (QED) is 0.151. The van der Waals surface area contributed by atoms with Gasteiger partial charge in [-0.2, -0.15) is 25.3 Å². The second-order valence-corrected chi connectivity index (χ2v) is 7.06. The molecule has 0 rings (SSSR count). The van der Waals surface area contributed by atoms with Crippen LogP contribution in [0.3, 0.4) is 0 Å². The molecule has 0 fully saturated rings. The van der Waals surface area contributed by atoms with Crippen LogP contribution in [0.1, 0.15) is 20.3 Å². The number of thiol groups is 2. The first-order valence-electron chi connectivity index (χ1n) is 8.34. The zero-order valence-electron chi connectivity index (χ0n) is 15.5. The van der Waals surface area contributed by atoms with Crippen LogP contribution >= 0.6 is 25.3 Å². The Morgan fingerprint density at radius 1 is 0.857 bits per heavy atom. The van der Waals surface area contributed by atoms with E-state index in [-0.39, 0.29) is 17.4 Å². The van der Waals surface area contributed by atoms with Crippen molar-refractivity contribution in [3.05, 3.63) is 0 Å². The fourth-order valence-electron chi connectivity index (χ4n) is 1.91. The summed E-state index contributed by atoms with van der Waals surface area (Å²) in [4.78, 5) is 58.9. The molecule has 0 spiro atoms. The van der Waals surface area contributed by atoms with Gasteiger partial charge in [0, 0.05) is 11.5 Å². The molecule has 0 radical (unpaired) electrons. The number of primary amides is 1. The molecule has 0 saturated heterocycles. The number of amides is 4. The summed E-state index contributed by atoms with van der Waals surface area (Å²) in [5.41, 5.74) is 10.8. The minimum atomic E-state index is -1.36. The summed E-state index contributed by atoms with van der Waals surface area (Å²) in [5, 5.41) is 15.8. The predicted octanol–water partition coefficient (Wildman–Crippen LogP) is -2.76. The first kappa shape index (κ1) is 26.0. The van der Waals surface area contributed by atoms with E-state index in [4.69, 9.17) is 16.6 Å². The third-order valence-electron chi connectivity index (χ3n) is 3.67. The third kappa shape index (κ3) is 8.80. The van der Waals surface area contributed by atoms with Gasteiger partial charge < -0.3 is 32.5 Å². The third-order valence-corrected chi connectivity index (χ3v) is 4.40. The molecule has 0 aliphatic heterocycles. The summed E-state index contributed by atoms with van der Waals surface area (Å²) < 4.78 is 0. The number of carbonyl (C=O) groups excluding carboxylic acids is 4. The minimum Gasteiger partial charge on any atom is -0.480 e. The number of hydrogen-bond acceptors (Lipinski definition) is 8. The molecule has 13 heteroatoms. The van der Waals surface area contributed by atoms with Crippen LogP contribution in [-0.2, 0) is 24.0 Å². The molecular formula is C15H27N5O6S2. The highest BCUT2D eigenvalue weighted by molar-refractivity contribution is 7.80. The summed E-state index contributed by atoms with van der Waals surface area (Å²) in [6.45, 7) is 3.41. The summed E-state index contributed by atoms with van der Waals surface area (Å²) >= 11 is 7.79. The van der Waals surface area contributed by atoms with Gasteiger partial charge in [0.05, 0.1) is 12.5 Å². The normalized spacial score (nSPS) is 15.1. The fourth-order valence-corrected chi connectivity index (χ4v) is 2.41. The largest absolute Gasteiger partial charge is 0.480 e. The Hall–Kier alpha value is -1.99. The molecule has 0 bridgehead atoms. The van der Waals surface area contributed by atoms with Crippen molar-refractivity contribution in [1.29, 1.82) is 0 Å². The van der Waals surface area contributed by atoms with E-state index in [0.29, 0.717) is 0 Å². The molecular weight excluding hydrogens is 410 g/mol. The molecule has 4 amide bonds. The topological polar surface area (TPSA) is 194 Å². The summed E-state index contributed by atoms with van der Waals surface area (Å²) in [5.74, 6) is -5.05. The Bertz CT molecular complexity index is 603. The number of hydrogen-bond donors (Lipinski definition) is 8. The lowest BCUT2D eigenvalue weighted by Crippen LogP contribution is -2.58. The molecule has 0 aliphatic rings. The smallest absolute Gasteiger partial charge is 0.327 e. The van der Waals surface area contributed by atoms with Gasteiger partial charge >= 0.3 is 5.97 Å². The van der Waals surface area contributed by atoms with E-state index in [9.17, 15) is 24.0 Å². The SMILES string of the molecule is CC(C)C(N)C(=O)NC(CC(N)=O)C(=O)NC(CS)C(=O)NC(CS)C(=O)O. The van der Waals surface area contributed by atoms with Crippen molar-refractivity contribution in [3.8, 4) is 0 Å². The maximum atomic E-state index is 12.4. The monoisotopic (exact) mass is 437 g/mol. The average molecular weight is 438 g/mol. The molecule has 0 heterocycles. The fraction of sp³-hybridized carbons (Fsp3) is 0.667. The van der Waals surface area contributed by atoms with Gasteiger partial charge in [0.15, 0.2) is 0 Å². The number of carboxylic acid groups (broad SMARTS) is 1. The molecule has 0 saturated carbocycles. The molecule has 28 heavy (non-hydrogen) atoms. The summed E-state index contributed by atoms with van der Waals surface area (Å²) in [7, 11) is 0. The Morgan fingerprint density at radius 3 is 1.68 bits per heavy atom. The van der Waals surface area contributed by atoms with E-state index in [1.165, 1.54) is 0 Å². The van der Waals surface area contributed by atoms with Gasteiger partial charge in [-0.05, 0) is 5.92 Å². The average Bonchev–Trinajstić information content (AvgIpc) is 2.61. The summed E-state index contributed by atoms with van der Waals surface area (Å²) in [6, 6.07) is -4.76. The van der Waals surface area contributed by atoms with Crippen LogP contribution in [0.25, 0.3) is 0 Å². The van der Waals surface area contributed by atoms with Crippen LogP contribution in [-0.4, -0.2) is 70.4 Å². The molecule has 160 valence electrons. The summed E-state index contributed by atoms with van der Waals surface area (Å²) in [6.07, 6.45) is -0.516. The highest BCUT2D eigenvalue weighted by Gasteiger charge is 2.30. The highest BCUT2D eigenvalue weighted by atomic mass is 32.1. The molecule has 11 nitrogen and oxygen atoms in total. The van der Waals surface area contributed by atoms with E-state index in [1.807, 2.05) is 0 Å². The van der Waals surface area contributed by atoms with Crippen LogP contribution in [0.2, 0.25) is 0 Å². The Morgan fingerprint density at radius 2 is 1.29 bits per heavy atom. The van der Waals surface area contributed by atoms with E-state index in [0.717, 1.165) is 0 Å². The number of nitrogens with two attached hydrogens (primary N) is 2. The molecule has 0 aromatic heterocycles. The van der Waals surface area contributed by atoms with Crippen LogP contribution < -0.4 is 27.4 Å². The number of aliphatic carboxylic acids is 1. The first-order valence-corrected chi connectivity index (χ1v) is 9.60. The van der Waals surface area contributed by atoms with Gasteiger partial charge in [-0.1, -0.05) is 13.8 Å². The van der Waals surface area contributed by atoms with E-state index < -0.39 is 60.2 Å². The van der Waals surface area contributed by atoms with Crippen LogP contribution in [0, 0.1) is 5.92 Å². The Kier molecular flexibility index (Phi) is 11.6. The molecule has 0 aromatic rings. The highest BCUT2D eigenvalue weighted by Crippen LogP contribution is 2.02. The number of rotatable bonds is 12. The lowest BCUT2D eigenvalue weighted by Gasteiger charge is -2.24. The standard InChI is InChI=1S/C15H27N5O6S2/c1-6(2)11(17)14(24)18-7(3-10(16)21)12(22)19-8(4-27)13(23)20-9(5-28)15(25)26/h6-9,11,27-28H,3-5,17H2,1-2H3,(H2,16,21)(H,18,24)(H,19,22)(H,20,23)(H,25,26). The van der Waals surface area contributed by atoms with Crippen LogP contribution in [0.5, 0.6) is 0 Å². The Labute approximate surface area is 173 Å². The van der Waals surface area contributed by atoms with Crippen molar-refractivity contribution >= 4 is 54.9 Å². The molecule has 4 atom stereocenters. The van der Waals surface area contributed by atoms with Crippen LogP contribution in [0.15, 0.2) is 0 Å².